The molecule has 3 aromatic rings. The van der Waals surface area contributed by atoms with E-state index in [0.29, 0.717) is 11.8 Å². The quantitative estimate of drug-likeness (QED) is 0.769. The fourth-order valence-corrected chi connectivity index (χ4v) is 1.97. The third kappa shape index (κ3) is 2.31. The number of halogens is 1. The average molecular weight is 259 g/mol. The van der Waals surface area contributed by atoms with Crippen LogP contribution in [0.4, 0.5) is 5.69 Å². The van der Waals surface area contributed by atoms with Crippen molar-refractivity contribution in [3.8, 4) is 0 Å². The number of benzene rings is 1. The highest BCUT2D eigenvalue weighted by Gasteiger charge is 2.01. The van der Waals surface area contributed by atoms with Gasteiger partial charge in [0, 0.05) is 5.39 Å². The summed E-state index contributed by atoms with van der Waals surface area (Å²) >= 11 is 5.71. The molecular weight excluding hydrogens is 248 g/mol. The number of fused-ring (bicyclic) bond motifs is 1. The number of aromatic nitrogens is 1. The summed E-state index contributed by atoms with van der Waals surface area (Å²) in [4.78, 5) is 4.38. The largest absolute Gasteiger partial charge is 0.448 e. The van der Waals surface area contributed by atoms with Crippen molar-refractivity contribution in [1.29, 1.82) is 0 Å². The van der Waals surface area contributed by atoms with Crippen molar-refractivity contribution in [2.24, 2.45) is 0 Å². The van der Waals surface area contributed by atoms with Crippen molar-refractivity contribution in [3.05, 3.63) is 59.6 Å². The van der Waals surface area contributed by atoms with E-state index in [-0.39, 0.29) is 0 Å². The molecule has 0 fully saturated rings. The van der Waals surface area contributed by atoms with Gasteiger partial charge in [0.1, 0.15) is 5.76 Å². The van der Waals surface area contributed by atoms with Crippen molar-refractivity contribution >= 4 is 28.2 Å². The zero-order valence-electron chi connectivity index (χ0n) is 9.56. The number of hydrogen-bond donors (Lipinski definition) is 1. The molecule has 4 heteroatoms. The van der Waals surface area contributed by atoms with Crippen LogP contribution in [0.1, 0.15) is 5.76 Å². The molecule has 0 unspecified atom stereocenters. The second kappa shape index (κ2) is 4.70. The summed E-state index contributed by atoms with van der Waals surface area (Å²) in [5.41, 5.74) is 1.95. The zero-order chi connectivity index (χ0) is 12.4. The lowest BCUT2D eigenvalue weighted by molar-refractivity contribution is 0.520. The fraction of sp³-hybridized carbons (Fsp3) is 0.0714. The SMILES string of the molecule is Clc1ccc(CNc2cnc3ccccc3c2)o1. The Balaban J connectivity index is 1.78. The van der Waals surface area contributed by atoms with Crippen LogP contribution in [0.2, 0.25) is 5.22 Å². The highest BCUT2D eigenvalue weighted by molar-refractivity contribution is 6.28. The summed E-state index contributed by atoms with van der Waals surface area (Å²) in [6.45, 7) is 0.590. The van der Waals surface area contributed by atoms with E-state index in [0.717, 1.165) is 22.4 Å². The smallest absolute Gasteiger partial charge is 0.193 e. The number of para-hydroxylation sites is 1. The van der Waals surface area contributed by atoms with E-state index >= 15 is 0 Å². The summed E-state index contributed by atoms with van der Waals surface area (Å²) in [6.07, 6.45) is 1.81. The molecule has 2 heterocycles. The van der Waals surface area contributed by atoms with Gasteiger partial charge in [-0.15, -0.1) is 0 Å². The van der Waals surface area contributed by atoms with E-state index in [1.54, 1.807) is 6.07 Å². The van der Waals surface area contributed by atoms with Crippen LogP contribution in [0.25, 0.3) is 10.9 Å². The standard InChI is InChI=1S/C14H11ClN2O/c15-14-6-5-12(18-14)9-16-11-7-10-3-1-2-4-13(10)17-8-11/h1-8,16H,9H2. The van der Waals surface area contributed by atoms with Crippen LogP contribution in [0.15, 0.2) is 53.1 Å². The highest BCUT2D eigenvalue weighted by Crippen LogP contribution is 2.18. The van der Waals surface area contributed by atoms with Gasteiger partial charge in [0.2, 0.25) is 0 Å². The molecule has 0 radical (unpaired) electrons. The van der Waals surface area contributed by atoms with Crippen LogP contribution in [0.5, 0.6) is 0 Å². The molecule has 0 aliphatic carbocycles. The number of anilines is 1. The predicted molar refractivity (Wildman–Crippen MR) is 72.8 cm³/mol. The van der Waals surface area contributed by atoms with E-state index in [1.807, 2.05) is 36.5 Å². The number of pyridine rings is 1. The fourth-order valence-electron chi connectivity index (χ4n) is 1.80. The van der Waals surface area contributed by atoms with E-state index in [9.17, 15) is 0 Å². The first kappa shape index (κ1) is 11.1. The van der Waals surface area contributed by atoms with Crippen molar-refractivity contribution in [3.63, 3.8) is 0 Å². The van der Waals surface area contributed by atoms with Gasteiger partial charge in [-0.3, -0.25) is 4.98 Å². The number of furan rings is 1. The summed E-state index contributed by atoms with van der Waals surface area (Å²) in [6, 6.07) is 13.7. The Morgan fingerprint density at radius 1 is 1.17 bits per heavy atom. The Bertz CT molecular complexity index is 678. The van der Waals surface area contributed by atoms with Gasteiger partial charge in [0.05, 0.1) is 23.9 Å². The number of nitrogens with one attached hydrogen (secondary N) is 1. The van der Waals surface area contributed by atoms with E-state index in [1.165, 1.54) is 0 Å². The maximum absolute atomic E-state index is 5.71. The number of rotatable bonds is 3. The van der Waals surface area contributed by atoms with Gasteiger partial charge in [-0.2, -0.15) is 0 Å². The normalized spacial score (nSPS) is 10.7. The average Bonchev–Trinajstić information content (AvgIpc) is 2.82. The third-order valence-corrected chi connectivity index (χ3v) is 2.89. The first-order valence-electron chi connectivity index (χ1n) is 5.64. The molecule has 0 amide bonds. The van der Waals surface area contributed by atoms with Gasteiger partial charge in [-0.1, -0.05) is 18.2 Å². The van der Waals surface area contributed by atoms with E-state index in [4.69, 9.17) is 16.0 Å². The molecule has 0 saturated heterocycles. The first-order valence-corrected chi connectivity index (χ1v) is 6.02. The van der Waals surface area contributed by atoms with Gasteiger partial charge in [0.15, 0.2) is 5.22 Å². The number of nitrogens with zero attached hydrogens (tertiary/aromatic N) is 1. The summed E-state index contributed by atoms with van der Waals surface area (Å²) in [5.74, 6) is 0.799. The van der Waals surface area contributed by atoms with Crippen LogP contribution in [0, 0.1) is 0 Å². The molecule has 2 aromatic heterocycles. The van der Waals surface area contributed by atoms with Crippen LogP contribution in [-0.2, 0) is 6.54 Å². The molecule has 3 rings (SSSR count). The molecule has 0 saturated carbocycles. The molecule has 90 valence electrons. The van der Waals surface area contributed by atoms with Gasteiger partial charge in [-0.05, 0) is 35.9 Å². The lowest BCUT2D eigenvalue weighted by Gasteiger charge is -2.05. The van der Waals surface area contributed by atoms with Crippen LogP contribution in [0.3, 0.4) is 0 Å². The first-order chi connectivity index (χ1) is 8.81. The summed E-state index contributed by atoms with van der Waals surface area (Å²) in [7, 11) is 0. The monoisotopic (exact) mass is 258 g/mol. The maximum Gasteiger partial charge on any atom is 0.193 e. The summed E-state index contributed by atoms with van der Waals surface area (Å²) < 4.78 is 5.28. The van der Waals surface area contributed by atoms with Crippen LogP contribution >= 0.6 is 11.6 Å². The molecule has 0 aliphatic rings. The van der Waals surface area contributed by atoms with Crippen molar-refractivity contribution < 1.29 is 4.42 Å². The van der Waals surface area contributed by atoms with Gasteiger partial charge < -0.3 is 9.73 Å². The van der Waals surface area contributed by atoms with Crippen molar-refractivity contribution in [1.82, 2.24) is 4.98 Å². The lowest BCUT2D eigenvalue weighted by Crippen LogP contribution is -1.98. The van der Waals surface area contributed by atoms with E-state index in [2.05, 4.69) is 16.4 Å². The van der Waals surface area contributed by atoms with Gasteiger partial charge in [-0.25, -0.2) is 0 Å². The molecular formula is C14H11ClN2O. The topological polar surface area (TPSA) is 38.1 Å². The molecule has 1 N–H and O–H groups in total. The van der Waals surface area contributed by atoms with Crippen LogP contribution < -0.4 is 5.32 Å². The second-order valence-corrected chi connectivity index (χ2v) is 4.35. The highest BCUT2D eigenvalue weighted by atomic mass is 35.5. The van der Waals surface area contributed by atoms with Gasteiger partial charge >= 0.3 is 0 Å². The minimum Gasteiger partial charge on any atom is -0.448 e. The molecule has 0 aliphatic heterocycles. The molecule has 18 heavy (non-hydrogen) atoms. The second-order valence-electron chi connectivity index (χ2n) is 3.98. The molecule has 0 atom stereocenters. The minimum absolute atomic E-state index is 0.406. The lowest BCUT2D eigenvalue weighted by atomic mass is 10.2. The zero-order valence-corrected chi connectivity index (χ0v) is 10.3. The number of hydrogen-bond acceptors (Lipinski definition) is 3. The minimum atomic E-state index is 0.406. The predicted octanol–water partition coefficient (Wildman–Crippen LogP) is 4.09. The summed E-state index contributed by atoms with van der Waals surface area (Å²) in [5, 5.41) is 4.77. The van der Waals surface area contributed by atoms with Crippen molar-refractivity contribution in [2.45, 2.75) is 6.54 Å². The molecule has 0 bridgehead atoms. The molecule has 0 spiro atoms. The van der Waals surface area contributed by atoms with E-state index < -0.39 is 0 Å². The Morgan fingerprint density at radius 2 is 2.06 bits per heavy atom. The Labute approximate surface area is 109 Å². The van der Waals surface area contributed by atoms with Gasteiger partial charge in [0.25, 0.3) is 0 Å². The van der Waals surface area contributed by atoms with Crippen LogP contribution in [-0.4, -0.2) is 4.98 Å². The van der Waals surface area contributed by atoms with Crippen molar-refractivity contribution in [2.75, 3.05) is 5.32 Å². The molecule has 3 nitrogen and oxygen atoms in total. The Hall–Kier alpha value is -2.00. The maximum atomic E-state index is 5.71. The molecule has 1 aromatic carbocycles. The third-order valence-electron chi connectivity index (χ3n) is 2.69. The Morgan fingerprint density at radius 3 is 2.89 bits per heavy atom. The Kier molecular flexibility index (Phi) is 2.90.